The number of rotatable bonds is 1. The zero-order chi connectivity index (χ0) is 8.55. The predicted octanol–water partition coefficient (Wildman–Crippen LogP) is 0.313. The number of carbonyl (C=O) groups is 1. The lowest BCUT2D eigenvalue weighted by atomic mass is 10.0. The summed E-state index contributed by atoms with van der Waals surface area (Å²) in [6.45, 7) is 5.85. The molecule has 0 radical (unpaired) electrons. The Kier molecular flexibility index (Phi) is 2.05. The predicted molar refractivity (Wildman–Crippen MR) is 46.8 cm³/mol. The van der Waals surface area contributed by atoms with E-state index in [-0.39, 0.29) is 0 Å². The number of hydrogen-bond donors (Lipinski definition) is 0. The zero-order valence-corrected chi connectivity index (χ0v) is 7.62. The molecule has 0 saturated carbocycles. The van der Waals surface area contributed by atoms with Gasteiger partial charge in [0.25, 0.3) is 0 Å². The van der Waals surface area contributed by atoms with Crippen molar-refractivity contribution in [2.75, 3.05) is 26.2 Å². The molecule has 2 aliphatic heterocycles. The third kappa shape index (κ3) is 1.22. The van der Waals surface area contributed by atoms with Crippen LogP contribution in [-0.2, 0) is 4.79 Å². The summed E-state index contributed by atoms with van der Waals surface area (Å²) < 4.78 is 0. The van der Waals surface area contributed by atoms with Gasteiger partial charge in [-0.2, -0.15) is 0 Å². The molecule has 2 saturated heterocycles. The fraction of sp³-hybridized carbons (Fsp3) is 0.889. The fourth-order valence-electron chi connectivity index (χ4n) is 2.35. The van der Waals surface area contributed by atoms with Gasteiger partial charge in [-0.15, -0.1) is 0 Å². The van der Waals surface area contributed by atoms with Crippen molar-refractivity contribution in [1.82, 2.24) is 9.80 Å². The molecule has 0 aromatic carbocycles. The lowest BCUT2D eigenvalue weighted by Crippen LogP contribution is -2.58. The summed E-state index contributed by atoms with van der Waals surface area (Å²) in [6, 6.07) is 0.519. The van der Waals surface area contributed by atoms with Gasteiger partial charge in [0, 0.05) is 19.1 Å². The second kappa shape index (κ2) is 3.05. The molecule has 2 bridgehead atoms. The molecule has 0 spiro atoms. The molecule has 2 fully saturated rings. The van der Waals surface area contributed by atoms with Crippen LogP contribution in [0.1, 0.15) is 19.8 Å². The van der Waals surface area contributed by atoms with Crippen LogP contribution < -0.4 is 0 Å². The van der Waals surface area contributed by atoms with Gasteiger partial charge >= 0.3 is 0 Å². The van der Waals surface area contributed by atoms with Crippen molar-refractivity contribution in [3.63, 3.8) is 0 Å². The molecule has 3 nitrogen and oxygen atoms in total. The third-order valence-electron chi connectivity index (χ3n) is 2.94. The molecule has 2 heterocycles. The highest BCUT2D eigenvalue weighted by Crippen LogP contribution is 2.20. The van der Waals surface area contributed by atoms with Gasteiger partial charge in [-0.3, -0.25) is 9.69 Å². The van der Waals surface area contributed by atoms with E-state index in [2.05, 4.69) is 11.8 Å². The molecular formula is C9H16N2O. The number of piperazine rings is 1. The van der Waals surface area contributed by atoms with Crippen molar-refractivity contribution in [3.05, 3.63) is 0 Å². The molecule has 68 valence electrons. The van der Waals surface area contributed by atoms with E-state index in [1.807, 2.05) is 4.90 Å². The van der Waals surface area contributed by atoms with Crippen LogP contribution in [0, 0.1) is 0 Å². The Morgan fingerprint density at radius 3 is 3.17 bits per heavy atom. The molecule has 0 aromatic heterocycles. The third-order valence-corrected chi connectivity index (χ3v) is 2.94. The van der Waals surface area contributed by atoms with E-state index >= 15 is 0 Å². The SMILES string of the molecule is CCN1C(=O)CN2CCCC1C2. The normalized spacial score (nSPS) is 35.4. The maximum Gasteiger partial charge on any atom is 0.237 e. The van der Waals surface area contributed by atoms with E-state index in [9.17, 15) is 4.79 Å². The maximum atomic E-state index is 11.5. The van der Waals surface area contributed by atoms with Gasteiger partial charge in [-0.1, -0.05) is 0 Å². The van der Waals surface area contributed by atoms with Gasteiger partial charge in [0.2, 0.25) is 5.91 Å². The topological polar surface area (TPSA) is 23.6 Å². The molecule has 2 rings (SSSR count). The monoisotopic (exact) mass is 168 g/mol. The van der Waals surface area contributed by atoms with Crippen LogP contribution in [-0.4, -0.2) is 47.9 Å². The minimum atomic E-state index is 0.327. The van der Waals surface area contributed by atoms with E-state index in [1.165, 1.54) is 12.8 Å². The largest absolute Gasteiger partial charge is 0.338 e. The number of amides is 1. The van der Waals surface area contributed by atoms with Crippen LogP contribution in [0.5, 0.6) is 0 Å². The second-order valence-corrected chi connectivity index (χ2v) is 3.71. The van der Waals surface area contributed by atoms with Crippen molar-refractivity contribution in [3.8, 4) is 0 Å². The zero-order valence-electron chi connectivity index (χ0n) is 7.62. The average Bonchev–Trinajstić information content (AvgIpc) is 2.04. The average molecular weight is 168 g/mol. The maximum absolute atomic E-state index is 11.5. The van der Waals surface area contributed by atoms with Crippen molar-refractivity contribution in [2.24, 2.45) is 0 Å². The van der Waals surface area contributed by atoms with Crippen LogP contribution in [0.2, 0.25) is 0 Å². The number of carbonyl (C=O) groups excluding carboxylic acids is 1. The van der Waals surface area contributed by atoms with E-state index < -0.39 is 0 Å². The number of nitrogens with zero attached hydrogens (tertiary/aromatic N) is 2. The second-order valence-electron chi connectivity index (χ2n) is 3.71. The molecule has 0 N–H and O–H groups in total. The molecule has 2 aliphatic rings. The molecule has 2 unspecified atom stereocenters. The van der Waals surface area contributed by atoms with E-state index in [1.54, 1.807) is 0 Å². The van der Waals surface area contributed by atoms with E-state index in [4.69, 9.17) is 0 Å². The van der Waals surface area contributed by atoms with Crippen molar-refractivity contribution in [2.45, 2.75) is 25.8 Å². The van der Waals surface area contributed by atoms with Gasteiger partial charge in [0.05, 0.1) is 6.54 Å². The Morgan fingerprint density at radius 2 is 2.42 bits per heavy atom. The van der Waals surface area contributed by atoms with Gasteiger partial charge in [0.15, 0.2) is 0 Å². The first-order chi connectivity index (χ1) is 5.81. The van der Waals surface area contributed by atoms with Crippen LogP contribution in [0.3, 0.4) is 0 Å². The highest BCUT2D eigenvalue weighted by Gasteiger charge is 2.33. The van der Waals surface area contributed by atoms with Crippen molar-refractivity contribution in [1.29, 1.82) is 0 Å². The summed E-state index contributed by atoms with van der Waals surface area (Å²) in [5.74, 6) is 0.327. The fourth-order valence-corrected chi connectivity index (χ4v) is 2.35. The molecule has 12 heavy (non-hydrogen) atoms. The number of likely N-dealkylation sites (N-methyl/N-ethyl adjacent to an activating group) is 1. The van der Waals surface area contributed by atoms with Gasteiger partial charge in [-0.25, -0.2) is 0 Å². The minimum Gasteiger partial charge on any atom is -0.338 e. The highest BCUT2D eigenvalue weighted by molar-refractivity contribution is 5.79. The van der Waals surface area contributed by atoms with Crippen LogP contribution in [0.15, 0.2) is 0 Å². The Labute approximate surface area is 73.3 Å². The van der Waals surface area contributed by atoms with Crippen molar-refractivity contribution < 1.29 is 4.79 Å². The molecule has 0 aromatic rings. The Balaban J connectivity index is 2.10. The highest BCUT2D eigenvalue weighted by atomic mass is 16.2. The van der Waals surface area contributed by atoms with Gasteiger partial charge < -0.3 is 4.90 Å². The summed E-state index contributed by atoms with van der Waals surface area (Å²) in [7, 11) is 0. The van der Waals surface area contributed by atoms with Gasteiger partial charge in [0.1, 0.15) is 0 Å². The van der Waals surface area contributed by atoms with Crippen LogP contribution in [0.4, 0.5) is 0 Å². The molecule has 2 atom stereocenters. The number of piperidine rings is 1. The van der Waals surface area contributed by atoms with Gasteiger partial charge in [-0.05, 0) is 26.3 Å². The first-order valence-corrected chi connectivity index (χ1v) is 4.83. The van der Waals surface area contributed by atoms with E-state index in [0.29, 0.717) is 18.5 Å². The standard InChI is InChI=1S/C9H16N2O/c1-2-11-8-4-3-5-10(6-8)7-9(11)12/h8H,2-7H2,1H3. The number of fused-ring (bicyclic) bond motifs is 2. The van der Waals surface area contributed by atoms with Crippen molar-refractivity contribution >= 4 is 5.91 Å². The van der Waals surface area contributed by atoms with E-state index in [0.717, 1.165) is 19.6 Å². The minimum absolute atomic E-state index is 0.327. The van der Waals surface area contributed by atoms with Crippen LogP contribution >= 0.6 is 0 Å². The molecular weight excluding hydrogens is 152 g/mol. The summed E-state index contributed by atoms with van der Waals surface area (Å²) in [5.41, 5.74) is 0. The quantitative estimate of drug-likeness (QED) is 0.562. The Bertz CT molecular complexity index is 193. The summed E-state index contributed by atoms with van der Waals surface area (Å²) in [6.07, 6.45) is 2.46. The Morgan fingerprint density at radius 1 is 1.58 bits per heavy atom. The summed E-state index contributed by atoms with van der Waals surface area (Å²) in [4.78, 5) is 15.8. The summed E-state index contributed by atoms with van der Waals surface area (Å²) in [5, 5.41) is 0. The lowest BCUT2D eigenvalue weighted by molar-refractivity contribution is -0.141. The Hall–Kier alpha value is -0.570. The summed E-state index contributed by atoms with van der Waals surface area (Å²) >= 11 is 0. The first kappa shape index (κ1) is 8.05. The first-order valence-electron chi connectivity index (χ1n) is 4.83. The molecule has 3 heteroatoms. The van der Waals surface area contributed by atoms with Crippen LogP contribution in [0.25, 0.3) is 0 Å². The smallest absolute Gasteiger partial charge is 0.237 e. The molecule has 1 amide bonds. The lowest BCUT2D eigenvalue weighted by Gasteiger charge is -2.44. The molecule has 0 aliphatic carbocycles. The number of hydrogen-bond acceptors (Lipinski definition) is 2.